The van der Waals surface area contributed by atoms with Crippen LogP contribution in [0, 0.1) is 5.92 Å². The van der Waals surface area contributed by atoms with Crippen molar-refractivity contribution in [2.45, 2.75) is 25.3 Å². The van der Waals surface area contributed by atoms with E-state index in [1.807, 2.05) is 0 Å². The van der Waals surface area contributed by atoms with E-state index in [9.17, 15) is 14.7 Å². The highest BCUT2D eigenvalue weighted by Crippen LogP contribution is 2.37. The third kappa shape index (κ3) is 3.21. The first-order valence-electron chi connectivity index (χ1n) is 6.87. The number of aliphatic carboxylic acids is 1. The zero-order chi connectivity index (χ0) is 15.9. The van der Waals surface area contributed by atoms with Crippen LogP contribution in [-0.2, 0) is 4.79 Å². The predicted octanol–water partition coefficient (Wildman–Crippen LogP) is 4.19. The Labute approximate surface area is 141 Å². The van der Waals surface area contributed by atoms with Gasteiger partial charge in [-0.25, -0.2) is 4.79 Å². The van der Waals surface area contributed by atoms with Crippen molar-refractivity contribution >= 4 is 56.5 Å². The first kappa shape index (κ1) is 15.6. The molecule has 22 heavy (non-hydrogen) atoms. The maximum Gasteiger partial charge on any atom is 0.326 e. The number of carboxylic acids is 1. The van der Waals surface area contributed by atoms with E-state index in [1.54, 1.807) is 18.2 Å². The van der Waals surface area contributed by atoms with Gasteiger partial charge in [0.2, 0.25) is 0 Å². The molecule has 0 aliphatic heterocycles. The van der Waals surface area contributed by atoms with Gasteiger partial charge < -0.3 is 10.4 Å². The number of rotatable bonds is 5. The Morgan fingerprint density at radius 3 is 2.73 bits per heavy atom. The van der Waals surface area contributed by atoms with Crippen molar-refractivity contribution in [3.63, 3.8) is 0 Å². The summed E-state index contributed by atoms with van der Waals surface area (Å²) in [6.45, 7) is 0. The number of carbonyl (C=O) groups is 2. The topological polar surface area (TPSA) is 66.4 Å². The minimum atomic E-state index is -1.01. The van der Waals surface area contributed by atoms with Crippen LogP contribution in [0.1, 0.15) is 28.9 Å². The lowest BCUT2D eigenvalue weighted by Gasteiger charge is -2.13. The van der Waals surface area contributed by atoms with Crippen LogP contribution in [0.25, 0.3) is 10.1 Å². The summed E-state index contributed by atoms with van der Waals surface area (Å²) < 4.78 is 0.803. The Morgan fingerprint density at radius 2 is 2.09 bits per heavy atom. The average molecular weight is 358 g/mol. The van der Waals surface area contributed by atoms with Crippen molar-refractivity contribution in [1.82, 2.24) is 5.32 Å². The highest BCUT2D eigenvalue weighted by atomic mass is 35.5. The van der Waals surface area contributed by atoms with E-state index in [0.717, 1.165) is 22.9 Å². The first-order valence-corrected chi connectivity index (χ1v) is 8.44. The van der Waals surface area contributed by atoms with Gasteiger partial charge in [0.05, 0.1) is 5.02 Å². The molecule has 1 atom stereocenters. The van der Waals surface area contributed by atoms with Gasteiger partial charge in [-0.2, -0.15) is 0 Å². The smallest absolute Gasteiger partial charge is 0.326 e. The lowest BCUT2D eigenvalue weighted by Crippen LogP contribution is -2.40. The second-order valence-corrected chi connectivity index (χ2v) is 7.30. The number of benzene rings is 1. The van der Waals surface area contributed by atoms with E-state index in [-0.39, 0.29) is 0 Å². The van der Waals surface area contributed by atoms with Gasteiger partial charge in [-0.3, -0.25) is 4.79 Å². The summed E-state index contributed by atoms with van der Waals surface area (Å²) in [5.41, 5.74) is 0. The van der Waals surface area contributed by atoms with Crippen molar-refractivity contribution in [3.8, 4) is 0 Å². The highest BCUT2D eigenvalue weighted by Gasteiger charge is 2.31. The summed E-state index contributed by atoms with van der Waals surface area (Å²) in [4.78, 5) is 23.9. The molecule has 1 heterocycles. The summed E-state index contributed by atoms with van der Waals surface area (Å²) in [7, 11) is 0. The molecule has 1 unspecified atom stereocenters. The number of halogens is 2. The van der Waals surface area contributed by atoms with Gasteiger partial charge in [0.15, 0.2) is 0 Å². The number of hydrogen-bond acceptors (Lipinski definition) is 3. The Bertz CT molecular complexity index is 755. The summed E-state index contributed by atoms with van der Waals surface area (Å²) in [5.74, 6) is -1.06. The summed E-state index contributed by atoms with van der Waals surface area (Å²) in [6.07, 6.45) is 2.53. The van der Waals surface area contributed by atoms with Crippen molar-refractivity contribution in [2.24, 2.45) is 5.92 Å². The lowest BCUT2D eigenvalue weighted by molar-refractivity contribution is -0.139. The fraction of sp³-hybridized carbons (Fsp3) is 0.333. The number of hydrogen-bond donors (Lipinski definition) is 2. The summed E-state index contributed by atoms with van der Waals surface area (Å²) in [6, 6.07) is 4.33. The monoisotopic (exact) mass is 357 g/mol. The molecular formula is C15H13Cl2NO3S. The fourth-order valence-electron chi connectivity index (χ4n) is 2.32. The van der Waals surface area contributed by atoms with Crippen molar-refractivity contribution in [1.29, 1.82) is 0 Å². The molecule has 1 aliphatic rings. The van der Waals surface area contributed by atoms with E-state index in [2.05, 4.69) is 5.32 Å². The third-order valence-electron chi connectivity index (χ3n) is 3.67. The molecule has 116 valence electrons. The second-order valence-electron chi connectivity index (χ2n) is 5.43. The molecule has 1 amide bonds. The summed E-state index contributed by atoms with van der Waals surface area (Å²) >= 11 is 13.4. The molecule has 1 aliphatic carbocycles. The molecule has 7 heteroatoms. The molecule has 1 saturated carbocycles. The molecule has 0 bridgehead atoms. The lowest BCUT2D eigenvalue weighted by atomic mass is 10.1. The van der Waals surface area contributed by atoms with Crippen molar-refractivity contribution < 1.29 is 14.7 Å². The Hall–Kier alpha value is -1.30. The van der Waals surface area contributed by atoms with Gasteiger partial charge in [-0.05, 0) is 24.5 Å². The zero-order valence-electron chi connectivity index (χ0n) is 11.4. The molecule has 0 radical (unpaired) electrons. The average Bonchev–Trinajstić information content (AvgIpc) is 3.21. The normalized spacial score (nSPS) is 15.7. The van der Waals surface area contributed by atoms with E-state index >= 15 is 0 Å². The van der Waals surface area contributed by atoms with Crippen LogP contribution < -0.4 is 5.32 Å². The Balaban J connectivity index is 1.84. The maximum atomic E-state index is 12.4. The van der Waals surface area contributed by atoms with Crippen LogP contribution in [0.4, 0.5) is 0 Å². The SMILES string of the molecule is O=C(NC(CC1CC1)C(=O)O)c1sc2cc(Cl)ccc2c1Cl. The van der Waals surface area contributed by atoms with Gasteiger partial charge in [0.25, 0.3) is 5.91 Å². The minimum Gasteiger partial charge on any atom is -0.480 e. The van der Waals surface area contributed by atoms with Crippen LogP contribution in [0.3, 0.4) is 0 Å². The molecule has 4 nitrogen and oxygen atoms in total. The van der Waals surface area contributed by atoms with Gasteiger partial charge in [-0.1, -0.05) is 42.1 Å². The van der Waals surface area contributed by atoms with Crippen LogP contribution in [0.5, 0.6) is 0 Å². The van der Waals surface area contributed by atoms with Crippen LogP contribution in [0.2, 0.25) is 10.0 Å². The molecule has 1 aromatic carbocycles. The third-order valence-corrected chi connectivity index (χ3v) is 5.56. The second kappa shape index (κ2) is 6.07. The molecule has 1 fully saturated rings. The number of fused-ring (bicyclic) bond motifs is 1. The Kier molecular flexibility index (Phi) is 4.30. The standard InChI is InChI=1S/C15H13Cl2NO3S/c16-8-3-4-9-11(6-8)22-13(12(9)17)14(19)18-10(15(20)21)5-7-1-2-7/h3-4,6-7,10H,1-2,5H2,(H,18,19)(H,20,21). The van der Waals surface area contributed by atoms with E-state index in [4.69, 9.17) is 23.2 Å². The molecule has 0 saturated heterocycles. The van der Waals surface area contributed by atoms with Crippen LogP contribution >= 0.6 is 34.5 Å². The van der Waals surface area contributed by atoms with Crippen LogP contribution in [0.15, 0.2) is 18.2 Å². The van der Waals surface area contributed by atoms with Gasteiger partial charge in [-0.15, -0.1) is 11.3 Å². The van der Waals surface area contributed by atoms with Crippen molar-refractivity contribution in [2.75, 3.05) is 0 Å². The number of carbonyl (C=O) groups excluding carboxylic acids is 1. The number of nitrogens with one attached hydrogen (secondary N) is 1. The quantitative estimate of drug-likeness (QED) is 0.842. The largest absolute Gasteiger partial charge is 0.480 e. The van der Waals surface area contributed by atoms with E-state index in [1.165, 1.54) is 11.3 Å². The van der Waals surface area contributed by atoms with Gasteiger partial charge in [0, 0.05) is 15.1 Å². The summed E-state index contributed by atoms with van der Waals surface area (Å²) in [5, 5.41) is 13.5. The predicted molar refractivity (Wildman–Crippen MR) is 88.1 cm³/mol. The van der Waals surface area contributed by atoms with Gasteiger partial charge in [0.1, 0.15) is 10.9 Å². The van der Waals surface area contributed by atoms with E-state index < -0.39 is 17.9 Å². The van der Waals surface area contributed by atoms with Crippen molar-refractivity contribution in [3.05, 3.63) is 33.1 Å². The molecule has 2 N–H and O–H groups in total. The molecule has 2 aromatic rings. The maximum absolute atomic E-state index is 12.4. The van der Waals surface area contributed by atoms with Crippen LogP contribution in [-0.4, -0.2) is 23.0 Å². The van der Waals surface area contributed by atoms with Gasteiger partial charge >= 0.3 is 5.97 Å². The molecule has 3 rings (SSSR count). The zero-order valence-corrected chi connectivity index (χ0v) is 13.8. The number of carboxylic acid groups (broad SMARTS) is 1. The fourth-order valence-corrected chi connectivity index (χ4v) is 4.01. The molecule has 1 aromatic heterocycles. The first-order chi connectivity index (χ1) is 10.5. The molecule has 0 spiro atoms. The number of thiophene rings is 1. The molecular weight excluding hydrogens is 345 g/mol. The van der Waals surface area contributed by atoms with E-state index in [0.29, 0.717) is 27.3 Å². The Morgan fingerprint density at radius 1 is 1.36 bits per heavy atom. The number of amides is 1. The highest BCUT2D eigenvalue weighted by molar-refractivity contribution is 7.21. The minimum absolute atomic E-state index is 0.320.